The third-order valence-electron chi connectivity index (χ3n) is 5.14. The number of piperidine rings is 1. The van der Waals surface area contributed by atoms with E-state index >= 15 is 0 Å². The Morgan fingerprint density at radius 2 is 1.83 bits per heavy atom. The first-order chi connectivity index (χ1) is 11.1. The van der Waals surface area contributed by atoms with Crippen LogP contribution in [0.1, 0.15) is 37.2 Å². The first kappa shape index (κ1) is 16.4. The van der Waals surface area contributed by atoms with Gasteiger partial charge in [-0.15, -0.1) is 0 Å². The van der Waals surface area contributed by atoms with Gasteiger partial charge in [-0.2, -0.15) is 0 Å². The van der Waals surface area contributed by atoms with E-state index in [4.69, 9.17) is 9.99 Å². The molecule has 2 bridgehead atoms. The molecule has 2 heterocycles. The molecular weight excluding hydrogens is 298 g/mol. The summed E-state index contributed by atoms with van der Waals surface area (Å²) in [5, 5.41) is 18.6. The number of aliphatic hydroxyl groups is 1. The van der Waals surface area contributed by atoms with Crippen molar-refractivity contribution in [3.05, 3.63) is 35.9 Å². The molecule has 1 aromatic carbocycles. The van der Waals surface area contributed by atoms with Crippen molar-refractivity contribution in [3.63, 3.8) is 0 Å². The molecule has 2 saturated heterocycles. The summed E-state index contributed by atoms with van der Waals surface area (Å²) in [7, 11) is 2.12. The van der Waals surface area contributed by atoms with Crippen LogP contribution in [0.25, 0.3) is 0 Å². The first-order valence-corrected chi connectivity index (χ1v) is 8.05. The molecule has 6 nitrogen and oxygen atoms in total. The number of rotatable bonds is 5. The highest BCUT2D eigenvalue weighted by atomic mass is 17.1. The lowest BCUT2D eigenvalue weighted by molar-refractivity contribution is -0.339. The number of ether oxygens (including phenoxy) is 1. The minimum Gasteiger partial charge on any atom is -0.462 e. The maximum atomic E-state index is 12.5. The highest BCUT2D eigenvalue weighted by Crippen LogP contribution is 2.36. The van der Waals surface area contributed by atoms with Crippen molar-refractivity contribution in [1.82, 2.24) is 4.90 Å². The van der Waals surface area contributed by atoms with Gasteiger partial charge in [-0.1, -0.05) is 30.3 Å². The smallest absolute Gasteiger partial charge is 0.319 e. The summed E-state index contributed by atoms with van der Waals surface area (Å²) < 4.78 is 5.64. The van der Waals surface area contributed by atoms with Crippen LogP contribution in [0.15, 0.2) is 30.3 Å². The minimum absolute atomic E-state index is 0.145. The van der Waals surface area contributed by atoms with E-state index in [1.807, 2.05) is 6.07 Å². The van der Waals surface area contributed by atoms with E-state index in [2.05, 4.69) is 16.8 Å². The van der Waals surface area contributed by atoms with Gasteiger partial charge < -0.3 is 14.7 Å². The topological polar surface area (TPSA) is 79.2 Å². The molecule has 6 heteroatoms. The largest absolute Gasteiger partial charge is 0.462 e. The normalized spacial score (nSPS) is 30.0. The van der Waals surface area contributed by atoms with E-state index in [0.717, 1.165) is 25.7 Å². The second-order valence-electron chi connectivity index (χ2n) is 6.47. The number of esters is 1. The molecule has 3 rings (SSSR count). The highest BCUT2D eigenvalue weighted by molar-refractivity contribution is 5.78. The Labute approximate surface area is 135 Å². The number of hydrogen-bond donors (Lipinski definition) is 2. The van der Waals surface area contributed by atoms with Gasteiger partial charge in [0.05, 0.1) is 0 Å². The predicted octanol–water partition coefficient (Wildman–Crippen LogP) is 1.75. The Morgan fingerprint density at radius 1 is 1.22 bits per heavy atom. The average molecular weight is 321 g/mol. The molecule has 0 aromatic heterocycles. The molecular formula is C17H23NO5. The SMILES string of the molecule is CN1C2CCC1CC(OC(=O)C(c1ccccc1)C(O)OO)C2. The zero-order chi connectivity index (χ0) is 16.4. The average Bonchev–Trinajstić information content (AvgIpc) is 2.77. The molecule has 2 fully saturated rings. The van der Waals surface area contributed by atoms with Crippen LogP contribution in [0.4, 0.5) is 0 Å². The lowest BCUT2D eigenvalue weighted by atomic mass is 9.97. The fourth-order valence-electron chi connectivity index (χ4n) is 3.83. The number of benzene rings is 1. The van der Waals surface area contributed by atoms with Crippen molar-refractivity contribution < 1.29 is 24.8 Å². The summed E-state index contributed by atoms with van der Waals surface area (Å²) in [5.74, 6) is -1.62. The molecule has 126 valence electrons. The molecule has 2 N–H and O–H groups in total. The molecule has 1 aromatic rings. The summed E-state index contributed by atoms with van der Waals surface area (Å²) in [5.41, 5.74) is 0.551. The maximum Gasteiger partial charge on any atom is 0.319 e. The van der Waals surface area contributed by atoms with Crippen LogP contribution in [-0.2, 0) is 14.4 Å². The zero-order valence-corrected chi connectivity index (χ0v) is 13.2. The highest BCUT2D eigenvalue weighted by Gasteiger charge is 2.41. The van der Waals surface area contributed by atoms with Gasteiger partial charge in [0.1, 0.15) is 12.0 Å². The van der Waals surface area contributed by atoms with E-state index in [-0.39, 0.29) is 6.10 Å². The second-order valence-corrected chi connectivity index (χ2v) is 6.47. The van der Waals surface area contributed by atoms with Gasteiger partial charge in [-0.05, 0) is 38.3 Å². The van der Waals surface area contributed by atoms with Crippen molar-refractivity contribution in [2.45, 2.75) is 56.1 Å². The number of carbonyl (C=O) groups is 1. The Morgan fingerprint density at radius 3 is 2.39 bits per heavy atom. The molecule has 2 aliphatic rings. The molecule has 0 amide bonds. The Balaban J connectivity index is 1.70. The van der Waals surface area contributed by atoms with Gasteiger partial charge in [-0.3, -0.25) is 4.79 Å². The number of aliphatic hydroxyl groups excluding tert-OH is 1. The van der Waals surface area contributed by atoms with Crippen molar-refractivity contribution in [3.8, 4) is 0 Å². The van der Waals surface area contributed by atoms with Crippen molar-refractivity contribution >= 4 is 5.97 Å². The van der Waals surface area contributed by atoms with E-state index < -0.39 is 18.2 Å². The molecule has 0 saturated carbocycles. The van der Waals surface area contributed by atoms with Crippen LogP contribution in [-0.4, -0.2) is 52.8 Å². The Bertz CT molecular complexity index is 523. The number of carbonyl (C=O) groups excluding carboxylic acids is 1. The first-order valence-electron chi connectivity index (χ1n) is 8.05. The fraction of sp³-hybridized carbons (Fsp3) is 0.588. The summed E-state index contributed by atoms with van der Waals surface area (Å²) in [6.07, 6.45) is 2.12. The van der Waals surface area contributed by atoms with E-state index in [1.54, 1.807) is 24.3 Å². The second kappa shape index (κ2) is 6.97. The third-order valence-corrected chi connectivity index (χ3v) is 5.14. The Kier molecular flexibility index (Phi) is 4.96. The van der Waals surface area contributed by atoms with Gasteiger partial charge in [-0.25, -0.2) is 10.1 Å². The van der Waals surface area contributed by atoms with Crippen LogP contribution in [0, 0.1) is 0 Å². The molecule has 0 spiro atoms. The summed E-state index contributed by atoms with van der Waals surface area (Å²) in [6, 6.07) is 9.65. The summed E-state index contributed by atoms with van der Waals surface area (Å²) in [6.45, 7) is 0. The van der Waals surface area contributed by atoms with Crippen molar-refractivity contribution in [1.29, 1.82) is 0 Å². The van der Waals surface area contributed by atoms with Crippen LogP contribution < -0.4 is 0 Å². The number of fused-ring (bicyclic) bond motifs is 2. The molecule has 4 unspecified atom stereocenters. The summed E-state index contributed by atoms with van der Waals surface area (Å²) >= 11 is 0. The van der Waals surface area contributed by atoms with E-state index in [0.29, 0.717) is 17.6 Å². The lowest BCUT2D eigenvalue weighted by Crippen LogP contribution is -2.44. The standard InChI is InChI=1S/C17H23NO5/c1-18-12-7-8-13(18)10-14(9-12)22-16(19)15(17(20)23-21)11-5-3-2-4-6-11/h2-6,12-15,17,20-21H,7-10H2,1H3. The lowest BCUT2D eigenvalue weighted by Gasteiger charge is -2.36. The minimum atomic E-state index is -1.65. The fourth-order valence-corrected chi connectivity index (χ4v) is 3.83. The van der Waals surface area contributed by atoms with Crippen LogP contribution in [0.2, 0.25) is 0 Å². The summed E-state index contributed by atoms with van der Waals surface area (Å²) in [4.78, 5) is 18.9. The number of nitrogens with zero attached hydrogens (tertiary/aromatic N) is 1. The van der Waals surface area contributed by atoms with Crippen LogP contribution in [0.5, 0.6) is 0 Å². The van der Waals surface area contributed by atoms with E-state index in [1.165, 1.54) is 0 Å². The van der Waals surface area contributed by atoms with Crippen LogP contribution in [0.3, 0.4) is 0 Å². The van der Waals surface area contributed by atoms with Gasteiger partial charge in [0, 0.05) is 12.1 Å². The van der Waals surface area contributed by atoms with E-state index in [9.17, 15) is 9.90 Å². The molecule has 23 heavy (non-hydrogen) atoms. The van der Waals surface area contributed by atoms with Crippen LogP contribution >= 0.6 is 0 Å². The number of hydrogen-bond acceptors (Lipinski definition) is 6. The van der Waals surface area contributed by atoms with Gasteiger partial charge in [0.2, 0.25) is 6.29 Å². The monoisotopic (exact) mass is 321 g/mol. The zero-order valence-electron chi connectivity index (χ0n) is 13.2. The molecule has 4 atom stereocenters. The van der Waals surface area contributed by atoms with Crippen molar-refractivity contribution in [2.75, 3.05) is 7.05 Å². The van der Waals surface area contributed by atoms with Gasteiger partial charge >= 0.3 is 5.97 Å². The Hall–Kier alpha value is -1.47. The van der Waals surface area contributed by atoms with Gasteiger partial charge in [0.15, 0.2) is 0 Å². The molecule has 0 aliphatic carbocycles. The predicted molar refractivity (Wildman–Crippen MR) is 82.6 cm³/mol. The maximum absolute atomic E-state index is 12.5. The quantitative estimate of drug-likeness (QED) is 0.372. The molecule has 0 radical (unpaired) electrons. The van der Waals surface area contributed by atoms with Crippen molar-refractivity contribution in [2.24, 2.45) is 0 Å². The third kappa shape index (κ3) is 3.40. The van der Waals surface area contributed by atoms with Gasteiger partial charge in [0.25, 0.3) is 0 Å². The molecule has 2 aliphatic heterocycles.